The summed E-state index contributed by atoms with van der Waals surface area (Å²) in [5.74, 6) is 0.880. The van der Waals surface area contributed by atoms with Crippen LogP contribution in [-0.2, 0) is 0 Å². The van der Waals surface area contributed by atoms with E-state index in [4.69, 9.17) is 7.85 Å². The SMILES string of the molecule is CC(C)c1cnc[nH]1.[B]CC(c1ccccc1)c1ccccc1. The Hall–Kier alpha value is -2.29. The second-order valence-corrected chi connectivity index (χ2v) is 5.77. The van der Waals surface area contributed by atoms with Crippen LogP contribution in [0.5, 0.6) is 0 Å². The predicted octanol–water partition coefficient (Wildman–Crippen LogP) is 4.94. The van der Waals surface area contributed by atoms with Gasteiger partial charge in [0.15, 0.2) is 0 Å². The first-order chi connectivity index (χ1) is 11.2. The van der Waals surface area contributed by atoms with Crippen molar-refractivity contribution in [2.24, 2.45) is 0 Å². The highest BCUT2D eigenvalue weighted by Crippen LogP contribution is 2.26. The molecule has 0 aliphatic rings. The van der Waals surface area contributed by atoms with Gasteiger partial charge in [0.1, 0.15) is 0 Å². The molecule has 116 valence electrons. The Bertz CT molecular complexity index is 609. The van der Waals surface area contributed by atoms with Gasteiger partial charge >= 0.3 is 0 Å². The molecule has 0 aliphatic heterocycles. The second-order valence-electron chi connectivity index (χ2n) is 5.77. The van der Waals surface area contributed by atoms with Crippen molar-refractivity contribution in [3.63, 3.8) is 0 Å². The molecule has 1 aromatic heterocycles. The summed E-state index contributed by atoms with van der Waals surface area (Å²) in [6, 6.07) is 20.8. The van der Waals surface area contributed by atoms with Crippen molar-refractivity contribution >= 4 is 7.85 Å². The Morgan fingerprint density at radius 2 is 1.43 bits per heavy atom. The van der Waals surface area contributed by atoms with Crippen LogP contribution in [0, 0.1) is 0 Å². The summed E-state index contributed by atoms with van der Waals surface area (Å²) in [6.07, 6.45) is 4.20. The van der Waals surface area contributed by atoms with Crippen molar-refractivity contribution in [2.45, 2.75) is 32.0 Å². The smallest absolute Gasteiger partial charge is 0.0921 e. The van der Waals surface area contributed by atoms with E-state index in [1.807, 2.05) is 18.3 Å². The zero-order valence-electron chi connectivity index (χ0n) is 13.8. The topological polar surface area (TPSA) is 28.7 Å². The fourth-order valence-electron chi connectivity index (χ4n) is 2.42. The summed E-state index contributed by atoms with van der Waals surface area (Å²) in [5, 5.41) is 0. The molecular formula is C20H23BN2. The van der Waals surface area contributed by atoms with Crippen molar-refractivity contribution in [3.8, 4) is 0 Å². The lowest BCUT2D eigenvalue weighted by molar-refractivity contribution is 0.832. The molecule has 0 saturated heterocycles. The van der Waals surface area contributed by atoms with Crippen molar-refractivity contribution in [3.05, 3.63) is 90.0 Å². The van der Waals surface area contributed by atoms with Crippen LogP contribution in [0.15, 0.2) is 73.2 Å². The Balaban J connectivity index is 0.000000203. The van der Waals surface area contributed by atoms with E-state index in [1.165, 1.54) is 16.8 Å². The van der Waals surface area contributed by atoms with Gasteiger partial charge in [0.05, 0.1) is 14.2 Å². The molecule has 0 atom stereocenters. The third kappa shape index (κ3) is 5.13. The molecule has 0 saturated carbocycles. The van der Waals surface area contributed by atoms with E-state index in [9.17, 15) is 0 Å². The van der Waals surface area contributed by atoms with E-state index in [1.54, 1.807) is 6.33 Å². The average Bonchev–Trinajstić information content (AvgIpc) is 3.13. The summed E-state index contributed by atoms with van der Waals surface area (Å²) in [6.45, 7) is 4.26. The van der Waals surface area contributed by atoms with E-state index >= 15 is 0 Å². The molecule has 3 aromatic rings. The van der Waals surface area contributed by atoms with Gasteiger partial charge in [-0.3, -0.25) is 0 Å². The van der Waals surface area contributed by atoms with Crippen molar-refractivity contribution in [1.29, 1.82) is 0 Å². The van der Waals surface area contributed by atoms with Crippen molar-refractivity contribution in [2.75, 3.05) is 0 Å². The molecule has 2 nitrogen and oxygen atoms in total. The molecule has 1 N–H and O–H groups in total. The molecule has 1 heterocycles. The predicted molar refractivity (Wildman–Crippen MR) is 98.0 cm³/mol. The Labute approximate surface area is 140 Å². The van der Waals surface area contributed by atoms with Crippen LogP contribution < -0.4 is 0 Å². The monoisotopic (exact) mass is 302 g/mol. The normalized spacial score (nSPS) is 10.4. The molecule has 0 spiro atoms. The third-order valence-corrected chi connectivity index (χ3v) is 3.78. The van der Waals surface area contributed by atoms with Gasteiger partial charge in [-0.1, -0.05) is 80.8 Å². The first-order valence-electron chi connectivity index (χ1n) is 8.00. The molecule has 0 unspecified atom stereocenters. The van der Waals surface area contributed by atoms with E-state index < -0.39 is 0 Å². The molecule has 0 amide bonds. The van der Waals surface area contributed by atoms with Crippen LogP contribution in [0.2, 0.25) is 6.32 Å². The highest BCUT2D eigenvalue weighted by atomic mass is 14.9. The molecule has 0 aliphatic carbocycles. The van der Waals surface area contributed by atoms with Crippen LogP contribution >= 0.6 is 0 Å². The van der Waals surface area contributed by atoms with Gasteiger partial charge in [0, 0.05) is 17.8 Å². The zero-order valence-corrected chi connectivity index (χ0v) is 13.8. The molecule has 2 aromatic carbocycles. The minimum atomic E-state index is 0.312. The van der Waals surface area contributed by atoms with E-state index in [2.05, 4.69) is 72.3 Å². The molecule has 3 heteroatoms. The fraction of sp³-hybridized carbons (Fsp3) is 0.250. The first-order valence-corrected chi connectivity index (χ1v) is 8.00. The Morgan fingerprint density at radius 3 is 1.74 bits per heavy atom. The summed E-state index contributed by atoms with van der Waals surface area (Å²) < 4.78 is 0. The molecule has 2 radical (unpaired) electrons. The average molecular weight is 302 g/mol. The van der Waals surface area contributed by atoms with Gasteiger partial charge < -0.3 is 4.98 Å². The maximum atomic E-state index is 5.84. The molecule has 3 rings (SSSR count). The van der Waals surface area contributed by atoms with Crippen LogP contribution in [0.25, 0.3) is 0 Å². The minimum absolute atomic E-state index is 0.312. The third-order valence-electron chi connectivity index (χ3n) is 3.78. The maximum absolute atomic E-state index is 5.84. The van der Waals surface area contributed by atoms with E-state index in [0.29, 0.717) is 18.2 Å². The Kier molecular flexibility index (Phi) is 6.67. The molecule has 23 heavy (non-hydrogen) atoms. The maximum Gasteiger partial charge on any atom is 0.0921 e. The molecule has 0 bridgehead atoms. The van der Waals surface area contributed by atoms with Gasteiger partial charge in [0.2, 0.25) is 0 Å². The highest BCUT2D eigenvalue weighted by Gasteiger charge is 2.09. The molecular weight excluding hydrogens is 279 g/mol. The summed E-state index contributed by atoms with van der Waals surface area (Å²) in [7, 11) is 5.84. The van der Waals surface area contributed by atoms with Gasteiger partial charge in [-0.15, -0.1) is 0 Å². The standard InChI is InChI=1S/C14H13B.C6H10N2/c15-11-14(12-7-3-1-4-8-12)13-9-5-2-6-10-13;1-5(2)6-3-7-4-8-6/h1-10,14H,11H2;3-5H,1-2H3,(H,7,8). The second kappa shape index (κ2) is 8.99. The van der Waals surface area contributed by atoms with E-state index in [0.717, 1.165) is 0 Å². The van der Waals surface area contributed by atoms with Crippen molar-refractivity contribution in [1.82, 2.24) is 9.97 Å². The van der Waals surface area contributed by atoms with Gasteiger partial charge in [0.25, 0.3) is 0 Å². The number of aromatic nitrogens is 2. The van der Waals surface area contributed by atoms with Crippen LogP contribution in [-0.4, -0.2) is 17.8 Å². The minimum Gasteiger partial charge on any atom is -0.348 e. The number of hydrogen-bond acceptors (Lipinski definition) is 1. The Morgan fingerprint density at radius 1 is 0.913 bits per heavy atom. The highest BCUT2D eigenvalue weighted by molar-refractivity contribution is 6.09. The number of nitrogens with one attached hydrogen (secondary N) is 1. The zero-order chi connectivity index (χ0) is 16.5. The summed E-state index contributed by atoms with van der Waals surface area (Å²) in [4.78, 5) is 6.91. The lowest BCUT2D eigenvalue weighted by Crippen LogP contribution is -1.99. The summed E-state index contributed by atoms with van der Waals surface area (Å²) in [5.41, 5.74) is 3.77. The summed E-state index contributed by atoms with van der Waals surface area (Å²) >= 11 is 0. The first kappa shape index (κ1) is 17.1. The number of hydrogen-bond donors (Lipinski definition) is 1. The van der Waals surface area contributed by atoms with Gasteiger partial charge in [-0.25, -0.2) is 4.98 Å². The number of rotatable bonds is 4. The van der Waals surface area contributed by atoms with E-state index in [-0.39, 0.29) is 0 Å². The number of H-pyrrole nitrogens is 1. The number of aromatic amines is 1. The number of imidazole rings is 1. The van der Waals surface area contributed by atoms with Gasteiger partial charge in [-0.2, -0.15) is 0 Å². The largest absolute Gasteiger partial charge is 0.348 e. The lowest BCUT2D eigenvalue weighted by Gasteiger charge is -2.15. The van der Waals surface area contributed by atoms with Crippen LogP contribution in [0.4, 0.5) is 0 Å². The fourth-order valence-corrected chi connectivity index (χ4v) is 2.42. The quantitative estimate of drug-likeness (QED) is 0.679. The van der Waals surface area contributed by atoms with Crippen molar-refractivity contribution < 1.29 is 0 Å². The number of benzene rings is 2. The van der Waals surface area contributed by atoms with Crippen LogP contribution in [0.1, 0.15) is 42.5 Å². The molecule has 0 fully saturated rings. The van der Waals surface area contributed by atoms with Gasteiger partial charge in [-0.05, 0) is 17.0 Å². The lowest BCUT2D eigenvalue weighted by atomic mass is 9.81. The van der Waals surface area contributed by atoms with Crippen LogP contribution in [0.3, 0.4) is 0 Å². The number of nitrogens with zero attached hydrogens (tertiary/aromatic N) is 1.